The normalized spacial score (nSPS) is 17.3. The summed E-state index contributed by atoms with van der Waals surface area (Å²) in [5, 5.41) is 11.9. The molecule has 4 rings (SSSR count). The Labute approximate surface area is 213 Å². The second-order valence-corrected chi connectivity index (χ2v) is 9.42. The molecule has 1 N–H and O–H groups in total. The molecule has 1 aromatic heterocycles. The summed E-state index contributed by atoms with van der Waals surface area (Å²) < 4.78 is 5.78. The lowest BCUT2D eigenvalue weighted by Gasteiger charge is -2.25. The molecule has 0 radical (unpaired) electrons. The maximum atomic E-state index is 13.2. The van der Waals surface area contributed by atoms with E-state index in [2.05, 4.69) is 4.98 Å². The number of aliphatic hydroxyl groups excluding tert-OH is 1. The van der Waals surface area contributed by atoms with E-state index >= 15 is 0 Å². The summed E-state index contributed by atoms with van der Waals surface area (Å²) in [6.07, 6.45) is 3.22. The van der Waals surface area contributed by atoms with Gasteiger partial charge in [-0.15, -0.1) is 0 Å². The molecular formula is C27H24Cl2N2O4. The summed E-state index contributed by atoms with van der Waals surface area (Å²) in [5.74, 6) is -1.07. The summed E-state index contributed by atoms with van der Waals surface area (Å²) in [6, 6.07) is 12.7. The number of hydrogen-bond acceptors (Lipinski definition) is 5. The van der Waals surface area contributed by atoms with Crippen LogP contribution in [0.25, 0.3) is 5.76 Å². The Kier molecular flexibility index (Phi) is 7.15. The van der Waals surface area contributed by atoms with Crippen molar-refractivity contribution in [3.8, 4) is 5.75 Å². The number of aliphatic hydroxyl groups is 1. The van der Waals surface area contributed by atoms with Crippen molar-refractivity contribution >= 4 is 40.7 Å². The van der Waals surface area contributed by atoms with E-state index < -0.39 is 17.7 Å². The molecule has 0 spiro atoms. The predicted molar refractivity (Wildman–Crippen MR) is 135 cm³/mol. The van der Waals surface area contributed by atoms with Gasteiger partial charge in [-0.05, 0) is 79.9 Å². The van der Waals surface area contributed by atoms with Crippen LogP contribution in [0.1, 0.15) is 42.1 Å². The zero-order chi connectivity index (χ0) is 25.3. The predicted octanol–water partition coefficient (Wildman–Crippen LogP) is 6.11. The molecule has 0 saturated carbocycles. The van der Waals surface area contributed by atoms with Gasteiger partial charge in [-0.25, -0.2) is 0 Å². The maximum absolute atomic E-state index is 13.2. The van der Waals surface area contributed by atoms with Crippen molar-refractivity contribution in [2.75, 3.05) is 0 Å². The fourth-order valence-corrected chi connectivity index (χ4v) is 4.40. The van der Waals surface area contributed by atoms with Gasteiger partial charge in [-0.3, -0.25) is 14.6 Å². The lowest BCUT2D eigenvalue weighted by Crippen LogP contribution is -2.29. The second-order valence-electron chi connectivity index (χ2n) is 8.60. The van der Waals surface area contributed by atoms with Gasteiger partial charge in [0, 0.05) is 24.5 Å². The highest BCUT2D eigenvalue weighted by Crippen LogP contribution is 2.42. The summed E-state index contributed by atoms with van der Waals surface area (Å²) in [6.45, 7) is 5.85. The van der Waals surface area contributed by atoms with Crippen molar-refractivity contribution in [2.45, 2.75) is 39.5 Å². The third-order valence-electron chi connectivity index (χ3n) is 5.71. The van der Waals surface area contributed by atoms with Gasteiger partial charge in [0.25, 0.3) is 11.7 Å². The van der Waals surface area contributed by atoms with Crippen molar-refractivity contribution in [3.63, 3.8) is 0 Å². The van der Waals surface area contributed by atoms with Gasteiger partial charge in [-0.2, -0.15) is 0 Å². The van der Waals surface area contributed by atoms with Crippen molar-refractivity contribution in [2.24, 2.45) is 0 Å². The highest BCUT2D eigenvalue weighted by molar-refractivity contribution is 6.46. The number of carbonyl (C=O) groups excluding carboxylic acids is 2. The topological polar surface area (TPSA) is 79.7 Å². The Morgan fingerprint density at radius 2 is 1.77 bits per heavy atom. The number of halogens is 2. The first-order chi connectivity index (χ1) is 16.7. The minimum absolute atomic E-state index is 0.0127. The lowest BCUT2D eigenvalue weighted by molar-refractivity contribution is -0.140. The minimum Gasteiger partial charge on any atom is -0.507 e. The fraction of sp³-hybridized carbons (Fsp3) is 0.222. The average molecular weight is 511 g/mol. The Hall–Kier alpha value is -3.35. The third kappa shape index (κ3) is 5.04. The maximum Gasteiger partial charge on any atom is 0.295 e. The number of ether oxygens (including phenoxy) is 1. The summed E-state index contributed by atoms with van der Waals surface area (Å²) in [4.78, 5) is 31.8. The number of aromatic nitrogens is 1. The molecule has 1 aliphatic rings. The Bertz CT molecular complexity index is 1320. The van der Waals surface area contributed by atoms with Gasteiger partial charge >= 0.3 is 0 Å². The highest BCUT2D eigenvalue weighted by Gasteiger charge is 2.46. The Morgan fingerprint density at radius 1 is 1.06 bits per heavy atom. The first-order valence-corrected chi connectivity index (χ1v) is 11.8. The number of nitrogens with zero attached hydrogens (tertiary/aromatic N) is 2. The van der Waals surface area contributed by atoms with E-state index in [4.69, 9.17) is 27.9 Å². The molecule has 6 nitrogen and oxygen atoms in total. The zero-order valence-corrected chi connectivity index (χ0v) is 21.0. The smallest absolute Gasteiger partial charge is 0.295 e. The third-order valence-corrected chi connectivity index (χ3v) is 6.45. The molecule has 1 fully saturated rings. The Morgan fingerprint density at radius 3 is 2.40 bits per heavy atom. The number of benzene rings is 2. The van der Waals surface area contributed by atoms with Crippen LogP contribution in [0.15, 0.2) is 66.5 Å². The van der Waals surface area contributed by atoms with Crippen LogP contribution in [-0.4, -0.2) is 32.8 Å². The lowest BCUT2D eigenvalue weighted by atomic mass is 9.94. The molecule has 2 aromatic carbocycles. The van der Waals surface area contributed by atoms with E-state index in [0.29, 0.717) is 21.9 Å². The first kappa shape index (κ1) is 24.8. The summed E-state index contributed by atoms with van der Waals surface area (Å²) >= 11 is 12.4. The fourth-order valence-electron chi connectivity index (χ4n) is 4.10. The number of rotatable bonds is 6. The van der Waals surface area contributed by atoms with E-state index in [1.54, 1.807) is 60.9 Å². The molecular weight excluding hydrogens is 487 g/mol. The summed E-state index contributed by atoms with van der Waals surface area (Å²) in [7, 11) is 0. The zero-order valence-electron chi connectivity index (χ0n) is 19.5. The average Bonchev–Trinajstić information content (AvgIpc) is 3.07. The molecule has 3 aromatic rings. The van der Waals surface area contributed by atoms with Gasteiger partial charge < -0.3 is 14.7 Å². The van der Waals surface area contributed by atoms with Crippen LogP contribution in [0.4, 0.5) is 0 Å². The Balaban J connectivity index is 1.85. The van der Waals surface area contributed by atoms with E-state index in [1.165, 1.54) is 4.90 Å². The van der Waals surface area contributed by atoms with Gasteiger partial charge in [0.15, 0.2) is 0 Å². The largest absolute Gasteiger partial charge is 0.507 e. The molecule has 1 unspecified atom stereocenters. The molecule has 1 atom stereocenters. The van der Waals surface area contributed by atoms with E-state index in [-0.39, 0.29) is 29.0 Å². The van der Waals surface area contributed by atoms with E-state index in [0.717, 1.165) is 11.1 Å². The number of aryl methyl sites for hydroxylation is 1. The van der Waals surface area contributed by atoms with Crippen LogP contribution in [-0.2, 0) is 16.1 Å². The second kappa shape index (κ2) is 10.1. The number of hydrogen-bond donors (Lipinski definition) is 1. The van der Waals surface area contributed by atoms with E-state index in [1.807, 2.05) is 20.8 Å². The minimum atomic E-state index is -0.857. The molecule has 0 aliphatic carbocycles. The molecule has 1 amide bonds. The number of ketones is 1. The van der Waals surface area contributed by atoms with Crippen LogP contribution in [0.2, 0.25) is 10.0 Å². The molecule has 1 aliphatic heterocycles. The number of likely N-dealkylation sites (tertiary alicyclic amines) is 1. The van der Waals surface area contributed by atoms with Crippen LogP contribution in [0.5, 0.6) is 5.75 Å². The SMILES string of the molecule is Cc1cc(/C(O)=C2/C(=O)C(=O)N(Cc3ccncc3)C2c2ccc(Cl)c(Cl)c2)ccc1OC(C)C. The van der Waals surface area contributed by atoms with Crippen LogP contribution >= 0.6 is 23.2 Å². The monoisotopic (exact) mass is 510 g/mol. The van der Waals surface area contributed by atoms with Crippen molar-refractivity contribution in [1.29, 1.82) is 0 Å². The molecule has 35 heavy (non-hydrogen) atoms. The number of Topliss-reactive ketones (excluding diaryl/α,β-unsaturated/α-hetero) is 1. The van der Waals surface area contributed by atoms with Gasteiger partial charge in [0.2, 0.25) is 0 Å². The number of amides is 1. The van der Waals surface area contributed by atoms with Crippen molar-refractivity contribution in [3.05, 3.63) is 98.8 Å². The summed E-state index contributed by atoms with van der Waals surface area (Å²) in [5.41, 5.74) is 2.54. The molecule has 0 bridgehead atoms. The van der Waals surface area contributed by atoms with Crippen LogP contribution in [0.3, 0.4) is 0 Å². The molecule has 2 heterocycles. The van der Waals surface area contributed by atoms with E-state index in [9.17, 15) is 14.7 Å². The van der Waals surface area contributed by atoms with Crippen molar-refractivity contribution < 1.29 is 19.4 Å². The van der Waals surface area contributed by atoms with Crippen LogP contribution < -0.4 is 4.74 Å². The highest BCUT2D eigenvalue weighted by atomic mass is 35.5. The van der Waals surface area contributed by atoms with Gasteiger partial charge in [-0.1, -0.05) is 29.3 Å². The number of carbonyl (C=O) groups is 2. The molecule has 1 saturated heterocycles. The van der Waals surface area contributed by atoms with Crippen molar-refractivity contribution in [1.82, 2.24) is 9.88 Å². The molecule has 180 valence electrons. The quantitative estimate of drug-likeness (QED) is 0.246. The van der Waals surface area contributed by atoms with Gasteiger partial charge in [0.1, 0.15) is 11.5 Å². The van der Waals surface area contributed by atoms with Crippen LogP contribution in [0, 0.1) is 6.92 Å². The first-order valence-electron chi connectivity index (χ1n) is 11.1. The molecule has 8 heteroatoms. The van der Waals surface area contributed by atoms with Gasteiger partial charge in [0.05, 0.1) is 27.8 Å². The number of pyridine rings is 1. The standard InChI is InChI=1S/C27H24Cl2N2O4/c1-15(2)35-22-7-5-19(12-16(22)3)25(32)23-24(18-4-6-20(28)21(29)13-18)31(27(34)26(23)33)14-17-8-10-30-11-9-17/h4-13,15,24,32H,14H2,1-3H3/b25-23-.